The molecule has 0 heterocycles. The molecule has 0 saturated heterocycles. The maximum atomic E-state index is 9.48. The van der Waals surface area contributed by atoms with Gasteiger partial charge in [0.25, 0.3) is 0 Å². The van der Waals surface area contributed by atoms with E-state index in [1.807, 2.05) is 6.92 Å². The number of fused-ring (bicyclic) bond motifs is 2. The van der Waals surface area contributed by atoms with E-state index in [1.165, 1.54) is 19.3 Å². The topological polar surface area (TPSA) is 20.2 Å². The molecular formula is C9H14O. The average Bonchev–Trinajstić information content (AvgIpc) is 2.45. The molecule has 0 aliphatic heterocycles. The van der Waals surface area contributed by atoms with E-state index in [4.69, 9.17) is 0 Å². The zero-order valence-corrected chi connectivity index (χ0v) is 6.38. The van der Waals surface area contributed by atoms with Crippen molar-refractivity contribution in [1.82, 2.24) is 0 Å². The van der Waals surface area contributed by atoms with Gasteiger partial charge in [-0.2, -0.15) is 0 Å². The second-order valence-electron chi connectivity index (χ2n) is 3.77. The molecule has 3 unspecified atom stereocenters. The van der Waals surface area contributed by atoms with Crippen molar-refractivity contribution in [2.45, 2.75) is 32.3 Å². The van der Waals surface area contributed by atoms with Gasteiger partial charge >= 0.3 is 0 Å². The third-order valence-electron chi connectivity index (χ3n) is 3.16. The fourth-order valence-corrected chi connectivity index (χ4v) is 2.31. The van der Waals surface area contributed by atoms with Crippen LogP contribution in [-0.2, 0) is 0 Å². The molecule has 2 rings (SSSR count). The van der Waals surface area contributed by atoms with Crippen molar-refractivity contribution in [2.24, 2.45) is 11.3 Å². The summed E-state index contributed by atoms with van der Waals surface area (Å²) in [6, 6.07) is 0. The van der Waals surface area contributed by atoms with Crippen molar-refractivity contribution in [2.75, 3.05) is 0 Å². The zero-order valence-electron chi connectivity index (χ0n) is 6.38. The van der Waals surface area contributed by atoms with Gasteiger partial charge in [0.15, 0.2) is 0 Å². The highest BCUT2D eigenvalue weighted by Gasteiger charge is 2.43. The molecule has 0 aromatic heterocycles. The molecule has 1 N–H and O–H groups in total. The molecule has 0 amide bonds. The van der Waals surface area contributed by atoms with Crippen molar-refractivity contribution < 1.29 is 5.11 Å². The van der Waals surface area contributed by atoms with E-state index in [-0.39, 0.29) is 11.5 Å². The van der Waals surface area contributed by atoms with Crippen LogP contribution in [0, 0.1) is 11.3 Å². The Morgan fingerprint density at radius 3 is 2.70 bits per heavy atom. The summed E-state index contributed by atoms with van der Waals surface area (Å²) >= 11 is 0. The Hall–Kier alpha value is -0.300. The highest BCUT2D eigenvalue weighted by Crippen LogP contribution is 2.50. The van der Waals surface area contributed by atoms with E-state index in [9.17, 15) is 5.11 Å². The number of hydrogen-bond acceptors (Lipinski definition) is 1. The summed E-state index contributed by atoms with van der Waals surface area (Å²) < 4.78 is 0. The number of aliphatic hydroxyl groups is 1. The summed E-state index contributed by atoms with van der Waals surface area (Å²) in [6.45, 7) is 1.91. The van der Waals surface area contributed by atoms with Crippen molar-refractivity contribution in [3.05, 3.63) is 12.2 Å². The van der Waals surface area contributed by atoms with E-state index >= 15 is 0 Å². The number of hydrogen-bond donors (Lipinski definition) is 1. The van der Waals surface area contributed by atoms with Crippen LogP contribution >= 0.6 is 0 Å². The quantitative estimate of drug-likeness (QED) is 0.547. The zero-order chi connectivity index (χ0) is 7.19. The molecule has 10 heavy (non-hydrogen) atoms. The van der Waals surface area contributed by atoms with E-state index in [0.29, 0.717) is 0 Å². The lowest BCUT2D eigenvalue weighted by molar-refractivity contribution is 0.0812. The summed E-state index contributed by atoms with van der Waals surface area (Å²) in [5, 5.41) is 9.48. The monoisotopic (exact) mass is 138 g/mol. The predicted molar refractivity (Wildman–Crippen MR) is 40.6 cm³/mol. The third kappa shape index (κ3) is 0.671. The van der Waals surface area contributed by atoms with E-state index in [2.05, 4.69) is 12.2 Å². The number of allylic oxidation sites excluding steroid dienone is 1. The first kappa shape index (κ1) is 6.41. The van der Waals surface area contributed by atoms with Crippen LogP contribution in [0.1, 0.15) is 26.2 Å². The number of aliphatic hydroxyl groups excluding tert-OH is 1. The lowest BCUT2D eigenvalue weighted by atomic mass is 9.83. The van der Waals surface area contributed by atoms with Crippen LogP contribution in [0.3, 0.4) is 0 Å². The first-order valence-electron chi connectivity index (χ1n) is 4.10. The predicted octanol–water partition coefficient (Wildman–Crippen LogP) is 1.72. The first-order chi connectivity index (χ1) is 4.73. The minimum atomic E-state index is -0.142. The Balaban J connectivity index is 2.24. The molecule has 1 saturated carbocycles. The average molecular weight is 138 g/mol. The van der Waals surface area contributed by atoms with E-state index in [1.54, 1.807) is 0 Å². The molecule has 0 aromatic carbocycles. The van der Waals surface area contributed by atoms with E-state index < -0.39 is 0 Å². The van der Waals surface area contributed by atoms with Gasteiger partial charge in [0.05, 0.1) is 6.10 Å². The van der Waals surface area contributed by atoms with Crippen LogP contribution < -0.4 is 0 Å². The van der Waals surface area contributed by atoms with Crippen molar-refractivity contribution in [3.63, 3.8) is 0 Å². The molecule has 1 fully saturated rings. The lowest BCUT2D eigenvalue weighted by Crippen LogP contribution is -2.26. The second-order valence-corrected chi connectivity index (χ2v) is 3.77. The van der Waals surface area contributed by atoms with Gasteiger partial charge in [0, 0.05) is 5.41 Å². The Bertz CT molecular complexity index is 172. The molecule has 0 radical (unpaired) electrons. The van der Waals surface area contributed by atoms with Crippen LogP contribution in [-0.4, -0.2) is 11.2 Å². The highest BCUT2D eigenvalue weighted by atomic mass is 16.3. The minimum absolute atomic E-state index is 0.142. The standard InChI is InChI=1S/C9H14O/c1-7(10)9-4-2-8(6-9)3-5-9/h2,4,7-8,10H,3,5-6H2,1H3. The van der Waals surface area contributed by atoms with Gasteiger partial charge < -0.3 is 5.11 Å². The van der Waals surface area contributed by atoms with Gasteiger partial charge in [-0.15, -0.1) is 0 Å². The Labute approximate surface area is 61.8 Å². The van der Waals surface area contributed by atoms with Crippen molar-refractivity contribution >= 4 is 0 Å². The molecule has 1 heteroatoms. The van der Waals surface area contributed by atoms with Gasteiger partial charge in [0.2, 0.25) is 0 Å². The Kier molecular flexibility index (Phi) is 1.19. The lowest BCUT2D eigenvalue weighted by Gasteiger charge is -2.26. The van der Waals surface area contributed by atoms with Gasteiger partial charge in [-0.05, 0) is 32.1 Å². The fourth-order valence-electron chi connectivity index (χ4n) is 2.31. The first-order valence-corrected chi connectivity index (χ1v) is 4.10. The molecule has 2 bridgehead atoms. The maximum Gasteiger partial charge on any atom is 0.0602 e. The minimum Gasteiger partial charge on any atom is -0.393 e. The van der Waals surface area contributed by atoms with Crippen LogP contribution in [0.4, 0.5) is 0 Å². The van der Waals surface area contributed by atoms with Gasteiger partial charge in [-0.25, -0.2) is 0 Å². The third-order valence-corrected chi connectivity index (χ3v) is 3.16. The number of rotatable bonds is 1. The van der Waals surface area contributed by atoms with E-state index in [0.717, 1.165) is 5.92 Å². The smallest absolute Gasteiger partial charge is 0.0602 e. The van der Waals surface area contributed by atoms with Crippen molar-refractivity contribution in [1.29, 1.82) is 0 Å². The van der Waals surface area contributed by atoms with Crippen LogP contribution in [0.25, 0.3) is 0 Å². The molecular weight excluding hydrogens is 124 g/mol. The molecule has 0 aromatic rings. The normalized spacial score (nSPS) is 46.4. The van der Waals surface area contributed by atoms with Crippen molar-refractivity contribution in [3.8, 4) is 0 Å². The summed E-state index contributed by atoms with van der Waals surface area (Å²) in [5.41, 5.74) is 0.185. The molecule has 1 nitrogen and oxygen atoms in total. The highest BCUT2D eigenvalue weighted by molar-refractivity contribution is 5.17. The fraction of sp³-hybridized carbons (Fsp3) is 0.778. The van der Waals surface area contributed by atoms with Gasteiger partial charge in [0.1, 0.15) is 0 Å². The molecule has 2 aliphatic rings. The Morgan fingerprint density at radius 1 is 1.70 bits per heavy atom. The SMILES string of the molecule is CC(O)C12C=CC(CC1)C2. The summed E-state index contributed by atoms with van der Waals surface area (Å²) in [6.07, 6.45) is 8.05. The van der Waals surface area contributed by atoms with Crippen LogP contribution in [0.5, 0.6) is 0 Å². The molecule has 0 spiro atoms. The molecule has 3 atom stereocenters. The van der Waals surface area contributed by atoms with Crippen LogP contribution in [0.15, 0.2) is 12.2 Å². The van der Waals surface area contributed by atoms with Crippen LogP contribution in [0.2, 0.25) is 0 Å². The summed E-state index contributed by atoms with van der Waals surface area (Å²) in [7, 11) is 0. The van der Waals surface area contributed by atoms with Gasteiger partial charge in [-0.3, -0.25) is 0 Å². The molecule has 56 valence electrons. The molecule has 2 aliphatic carbocycles. The summed E-state index contributed by atoms with van der Waals surface area (Å²) in [4.78, 5) is 0. The summed E-state index contributed by atoms with van der Waals surface area (Å²) in [5.74, 6) is 0.787. The maximum absolute atomic E-state index is 9.48. The van der Waals surface area contributed by atoms with Gasteiger partial charge in [-0.1, -0.05) is 12.2 Å². The second kappa shape index (κ2) is 1.85. The Morgan fingerprint density at radius 2 is 2.50 bits per heavy atom. The largest absolute Gasteiger partial charge is 0.393 e.